The zero-order chi connectivity index (χ0) is 30.8. The average molecular weight is 686 g/mol. The third-order valence-corrected chi connectivity index (χ3v) is 8.19. The van der Waals surface area contributed by atoms with Crippen LogP contribution in [-0.4, -0.2) is 57.9 Å². The maximum atomic E-state index is 14.9. The van der Waals surface area contributed by atoms with Crippen LogP contribution in [-0.2, 0) is 32.6 Å². The molecule has 223 valence electrons. The number of hydrogen-bond donors (Lipinski definition) is 1. The zero-order valence-electron chi connectivity index (χ0n) is 23.9. The number of aromatic nitrogens is 4. The largest absolute Gasteiger partial charge is 2.00 e. The van der Waals surface area contributed by atoms with Crippen LogP contribution in [0.4, 0.5) is 16.0 Å². The monoisotopic (exact) mass is 685 g/mol. The van der Waals surface area contributed by atoms with Gasteiger partial charge in [-0.2, -0.15) is 18.0 Å². The molecule has 43 heavy (non-hydrogen) atoms. The van der Waals surface area contributed by atoms with Crippen LogP contribution in [0.15, 0.2) is 53.8 Å². The van der Waals surface area contributed by atoms with Crippen LogP contribution in [0, 0.1) is 31.0 Å². The Balaban J connectivity index is 0.00000506. The maximum absolute atomic E-state index is 14.9. The van der Waals surface area contributed by atoms with E-state index in [4.69, 9.17) is 4.74 Å². The number of fused-ring (bicyclic) bond motifs is 1. The minimum absolute atomic E-state index is 0. The van der Waals surface area contributed by atoms with Crippen molar-refractivity contribution < 1.29 is 39.9 Å². The molecule has 4 rings (SSSR count). The number of halogens is 1. The van der Waals surface area contributed by atoms with Crippen molar-refractivity contribution in [2.45, 2.75) is 26.3 Å². The molecule has 2 aromatic heterocycles. The molecule has 0 saturated heterocycles. The minimum atomic E-state index is -4.10. The van der Waals surface area contributed by atoms with Crippen molar-refractivity contribution in [1.29, 1.82) is 5.26 Å². The van der Waals surface area contributed by atoms with Crippen LogP contribution in [0.3, 0.4) is 0 Å². The molecular formula is C28H29FN8NbO4S. The fourth-order valence-electron chi connectivity index (χ4n) is 3.80. The van der Waals surface area contributed by atoms with Crippen molar-refractivity contribution in [3.63, 3.8) is 0 Å². The molecule has 0 fully saturated rings. The minimum Gasteiger partial charge on any atom is -0.453 e. The molecule has 12 nitrogen and oxygen atoms in total. The Kier molecular flexibility index (Phi) is 10.3. The van der Waals surface area contributed by atoms with E-state index in [1.54, 1.807) is 25.7 Å². The molecule has 0 spiro atoms. The first-order chi connectivity index (χ1) is 19.8. The van der Waals surface area contributed by atoms with Crippen molar-refractivity contribution in [1.82, 2.24) is 23.8 Å². The van der Waals surface area contributed by atoms with Gasteiger partial charge in [-0.3, -0.25) is 14.1 Å². The van der Waals surface area contributed by atoms with E-state index in [0.29, 0.717) is 30.2 Å². The molecule has 0 aliphatic rings. The van der Waals surface area contributed by atoms with Crippen LogP contribution in [0.2, 0.25) is 0 Å². The van der Waals surface area contributed by atoms with Crippen molar-refractivity contribution in [2.75, 3.05) is 29.8 Å². The molecule has 0 saturated carbocycles. The fraction of sp³-hybridized carbons (Fsp3) is 0.250. The summed E-state index contributed by atoms with van der Waals surface area (Å²) in [5.41, 5.74) is -1.08. The third-order valence-electron chi connectivity index (χ3n) is 6.44. The van der Waals surface area contributed by atoms with Crippen LogP contribution < -0.4 is 19.9 Å². The van der Waals surface area contributed by atoms with Crippen LogP contribution in [0.25, 0.3) is 16.6 Å². The predicted octanol–water partition coefficient (Wildman–Crippen LogP) is 3.84. The Labute approximate surface area is 264 Å². The molecule has 2 aromatic carbocycles. The van der Waals surface area contributed by atoms with E-state index in [-0.39, 0.29) is 44.8 Å². The Morgan fingerprint density at radius 3 is 2.35 bits per heavy atom. The number of hydrogen-bond acceptors (Lipinski definition) is 9. The Bertz CT molecular complexity index is 1830. The normalized spacial score (nSPS) is 11.6. The van der Waals surface area contributed by atoms with Gasteiger partial charge >= 0.3 is 32.6 Å². The van der Waals surface area contributed by atoms with Gasteiger partial charge in [-0.15, -0.1) is 13.1 Å². The van der Waals surface area contributed by atoms with Crippen molar-refractivity contribution in [2.24, 2.45) is 0 Å². The van der Waals surface area contributed by atoms with E-state index >= 15 is 0 Å². The smallest absolute Gasteiger partial charge is 0.453 e. The van der Waals surface area contributed by atoms with Gasteiger partial charge in [0.25, 0.3) is 5.56 Å². The number of rotatable bonds is 9. The van der Waals surface area contributed by atoms with Gasteiger partial charge in [-0.1, -0.05) is 0 Å². The molecule has 0 atom stereocenters. The topological polar surface area (TPSA) is 146 Å². The van der Waals surface area contributed by atoms with Gasteiger partial charge in [-0.05, 0) is 51.1 Å². The summed E-state index contributed by atoms with van der Waals surface area (Å²) in [6.07, 6.45) is 4.27. The second kappa shape index (κ2) is 13.2. The molecule has 0 bridgehead atoms. The first-order valence-electron chi connectivity index (χ1n) is 12.6. The Morgan fingerprint density at radius 1 is 1.12 bits per heavy atom. The number of nitriles is 1. The first-order valence-corrected chi connectivity index (χ1v) is 14.1. The van der Waals surface area contributed by atoms with E-state index in [0.717, 1.165) is 16.4 Å². The number of ether oxygens (including phenoxy) is 1. The molecule has 1 radical (unpaired) electrons. The van der Waals surface area contributed by atoms with Crippen LogP contribution in [0.5, 0.6) is 11.5 Å². The van der Waals surface area contributed by atoms with Gasteiger partial charge < -0.3 is 23.5 Å². The summed E-state index contributed by atoms with van der Waals surface area (Å²) in [4.78, 5) is 28.0. The van der Waals surface area contributed by atoms with E-state index in [1.165, 1.54) is 48.5 Å². The van der Waals surface area contributed by atoms with Gasteiger partial charge in [0.15, 0.2) is 11.6 Å². The summed E-state index contributed by atoms with van der Waals surface area (Å²) in [7, 11) is -2.72. The number of anilines is 2. The van der Waals surface area contributed by atoms with Crippen molar-refractivity contribution >= 4 is 32.7 Å². The molecule has 0 unspecified atom stereocenters. The van der Waals surface area contributed by atoms with Crippen LogP contribution in [0.1, 0.15) is 26.3 Å². The molecule has 2 heterocycles. The van der Waals surface area contributed by atoms with E-state index in [2.05, 4.69) is 33.5 Å². The molecule has 0 aliphatic carbocycles. The molecule has 0 aliphatic heterocycles. The third kappa shape index (κ3) is 7.03. The fourth-order valence-corrected chi connectivity index (χ4v) is 5.11. The van der Waals surface area contributed by atoms with Crippen molar-refractivity contribution in [3.05, 3.63) is 84.6 Å². The molecule has 4 aromatic rings. The second-order valence-corrected chi connectivity index (χ2v) is 11.8. The number of nitrogens with zero attached hydrogens (tertiary/aromatic N) is 7. The van der Waals surface area contributed by atoms with Crippen molar-refractivity contribution in [3.8, 4) is 23.3 Å². The average Bonchev–Trinajstić information content (AvgIpc) is 2.95. The molecule has 1 N–H and O–H groups in total. The quantitative estimate of drug-likeness (QED) is 0.205. The maximum Gasteiger partial charge on any atom is 2.00 e. The van der Waals surface area contributed by atoms with E-state index < -0.39 is 32.9 Å². The Morgan fingerprint density at radius 2 is 1.77 bits per heavy atom. The summed E-state index contributed by atoms with van der Waals surface area (Å²) in [5, 5.41) is 9.97. The number of benzene rings is 2. The van der Waals surface area contributed by atoms with Gasteiger partial charge in [0.05, 0.1) is 34.7 Å². The summed E-state index contributed by atoms with van der Waals surface area (Å²) in [5.74, 6) is -0.983. The summed E-state index contributed by atoms with van der Waals surface area (Å²) >= 11 is 0. The van der Waals surface area contributed by atoms with Gasteiger partial charge in [0.2, 0.25) is 5.95 Å². The zero-order valence-corrected chi connectivity index (χ0v) is 27.0. The summed E-state index contributed by atoms with van der Waals surface area (Å²) in [6, 6.07) is 8.24. The predicted molar refractivity (Wildman–Crippen MR) is 157 cm³/mol. The second-order valence-electron chi connectivity index (χ2n) is 10.1. The van der Waals surface area contributed by atoms with E-state index in [9.17, 15) is 22.9 Å². The first kappa shape index (κ1) is 33.6. The van der Waals surface area contributed by atoms with E-state index in [1.807, 2.05) is 6.07 Å². The Hall–Kier alpha value is -3.87. The number of nitrogens with one attached hydrogen (secondary N) is 1. The molecular weight excluding hydrogens is 656 g/mol. The van der Waals surface area contributed by atoms with Gasteiger partial charge in [0.1, 0.15) is 23.7 Å². The molecule has 15 heteroatoms. The standard InChI is InChI=1S/C28H29FN8O4S.Nb/c1-7-36(8-2)27-31-15-18(16-32-27)37-17-33-23-11-9-19(13-20(23)26(37)38)41-25-21(14-30)24(12-10-22(25)29)34-42(39,40)35(6)28(3,4)5;/h9-13,15-17,34H,1-2,7-8H2,3-6H3;/q-2;+2. The van der Waals surface area contributed by atoms with Crippen LogP contribution >= 0.6 is 0 Å². The summed E-state index contributed by atoms with van der Waals surface area (Å²) < 4.78 is 51.1. The van der Waals surface area contributed by atoms with Gasteiger partial charge in [0, 0.05) is 12.6 Å². The SMILES string of the molecule is [CH2-]CN(C[CH2-])c1ncc(-n2cnc3ccc(Oc4c(F)ccc(NS(=O)(=O)N(C)C(C)(C)C)c4C#N)cc3c2=O)cn1.[Nb+2]. The summed E-state index contributed by atoms with van der Waals surface area (Å²) in [6.45, 7) is 13.5. The van der Waals surface area contributed by atoms with Gasteiger partial charge in [-0.25, -0.2) is 19.3 Å². The molecule has 0 amide bonds.